The number of hydrogen-bond donors (Lipinski definition) is 2. The van der Waals surface area contributed by atoms with Gasteiger partial charge in [0.2, 0.25) is 5.91 Å². The molecule has 1 aromatic heterocycles. The molecule has 0 spiro atoms. The van der Waals surface area contributed by atoms with Gasteiger partial charge in [0.15, 0.2) is 4.77 Å². The van der Waals surface area contributed by atoms with Gasteiger partial charge in [-0.3, -0.25) is 4.79 Å². The lowest BCUT2D eigenvalue weighted by Crippen LogP contribution is -2.24. The Morgan fingerprint density at radius 2 is 2.29 bits per heavy atom. The van der Waals surface area contributed by atoms with Crippen LogP contribution in [0.3, 0.4) is 0 Å². The van der Waals surface area contributed by atoms with Crippen LogP contribution in [0.1, 0.15) is 13.0 Å². The van der Waals surface area contributed by atoms with Crippen molar-refractivity contribution in [1.82, 2.24) is 9.55 Å². The first-order valence-corrected chi connectivity index (χ1v) is 6.29. The number of H-pyrrole nitrogens is 1. The van der Waals surface area contributed by atoms with E-state index in [9.17, 15) is 9.18 Å². The molecule has 3 N–H and O–H groups in total. The highest BCUT2D eigenvalue weighted by molar-refractivity contribution is 14.1. The molecule has 0 aliphatic heterocycles. The van der Waals surface area contributed by atoms with Crippen LogP contribution in [0.25, 0.3) is 11.0 Å². The number of rotatable bonds is 2. The average Bonchev–Trinajstić information content (AvgIpc) is 2.53. The molecule has 0 fully saturated rings. The van der Waals surface area contributed by atoms with E-state index in [1.165, 1.54) is 10.6 Å². The Kier molecular flexibility index (Phi) is 3.21. The Bertz CT molecular complexity index is 663. The lowest BCUT2D eigenvalue weighted by molar-refractivity contribution is -0.120. The van der Waals surface area contributed by atoms with Crippen LogP contribution >= 0.6 is 34.8 Å². The second-order valence-electron chi connectivity index (χ2n) is 3.66. The lowest BCUT2D eigenvalue weighted by atomic mass is 10.2. The maximum absolute atomic E-state index is 13.5. The van der Waals surface area contributed by atoms with Crippen LogP contribution in [0.4, 0.5) is 4.39 Å². The topological polar surface area (TPSA) is 63.8 Å². The highest BCUT2D eigenvalue weighted by Gasteiger charge is 2.17. The quantitative estimate of drug-likeness (QED) is 0.635. The third-order valence-electron chi connectivity index (χ3n) is 2.56. The molecule has 2 rings (SSSR count). The number of hydrogen-bond acceptors (Lipinski definition) is 2. The molecule has 0 radical (unpaired) electrons. The number of carbonyl (C=O) groups is 1. The summed E-state index contributed by atoms with van der Waals surface area (Å²) < 4.78 is 15.9. The number of imidazole rings is 1. The first-order chi connectivity index (χ1) is 7.91. The molecule has 0 bridgehead atoms. The number of amides is 1. The van der Waals surface area contributed by atoms with E-state index in [0.717, 1.165) is 0 Å². The number of fused-ring (bicyclic) bond motifs is 1. The Balaban J connectivity index is 2.80. The highest BCUT2D eigenvalue weighted by Crippen LogP contribution is 2.23. The van der Waals surface area contributed by atoms with Gasteiger partial charge in [-0.2, -0.15) is 0 Å². The standard InChI is InChI=1S/C10H9FIN3OS/c1-4(9(13)16)15-8-2-5(11)6(12)3-7(8)14-10(15)17/h2-4H,1H3,(H2,13,16)(H,14,17). The van der Waals surface area contributed by atoms with Crippen molar-refractivity contribution in [3.8, 4) is 0 Å². The van der Waals surface area contributed by atoms with E-state index in [1.807, 2.05) is 22.6 Å². The van der Waals surface area contributed by atoms with Crippen LogP contribution in [0, 0.1) is 14.2 Å². The summed E-state index contributed by atoms with van der Waals surface area (Å²) in [7, 11) is 0. The van der Waals surface area contributed by atoms with Gasteiger partial charge < -0.3 is 15.3 Å². The lowest BCUT2D eigenvalue weighted by Gasteiger charge is -2.10. The fraction of sp³-hybridized carbons (Fsp3) is 0.200. The van der Waals surface area contributed by atoms with Crippen LogP contribution in [0.15, 0.2) is 12.1 Å². The zero-order chi connectivity index (χ0) is 12.7. The molecule has 1 unspecified atom stereocenters. The van der Waals surface area contributed by atoms with Crippen LogP contribution in [0.5, 0.6) is 0 Å². The normalized spacial score (nSPS) is 12.9. The van der Waals surface area contributed by atoms with Gasteiger partial charge in [0.05, 0.1) is 14.6 Å². The molecule has 1 heterocycles. The Morgan fingerprint density at radius 1 is 1.65 bits per heavy atom. The molecule has 0 saturated heterocycles. The zero-order valence-electron chi connectivity index (χ0n) is 8.83. The number of aromatic amines is 1. The largest absolute Gasteiger partial charge is 0.368 e. The number of aromatic nitrogens is 2. The summed E-state index contributed by atoms with van der Waals surface area (Å²) in [6.45, 7) is 1.63. The van der Waals surface area contributed by atoms with Gasteiger partial charge in [-0.05, 0) is 47.8 Å². The molecular weight excluding hydrogens is 356 g/mol. The zero-order valence-corrected chi connectivity index (χ0v) is 11.8. The molecule has 4 nitrogen and oxygen atoms in total. The van der Waals surface area contributed by atoms with E-state index < -0.39 is 11.9 Å². The van der Waals surface area contributed by atoms with Gasteiger partial charge in [0.1, 0.15) is 11.9 Å². The maximum Gasteiger partial charge on any atom is 0.240 e. The van der Waals surface area contributed by atoms with Crippen molar-refractivity contribution in [2.24, 2.45) is 5.73 Å². The minimum absolute atomic E-state index is 0.350. The van der Waals surface area contributed by atoms with Crippen molar-refractivity contribution in [2.45, 2.75) is 13.0 Å². The van der Waals surface area contributed by atoms with Gasteiger partial charge in [-0.15, -0.1) is 0 Å². The molecule has 7 heteroatoms. The fourth-order valence-electron chi connectivity index (χ4n) is 1.63. The van der Waals surface area contributed by atoms with Crippen LogP contribution in [-0.2, 0) is 4.79 Å². The number of carbonyl (C=O) groups excluding carboxylic acids is 1. The Labute approximate surface area is 115 Å². The third-order valence-corrected chi connectivity index (χ3v) is 3.68. The Morgan fingerprint density at radius 3 is 2.88 bits per heavy atom. The molecular formula is C10H9FIN3OS. The minimum atomic E-state index is -0.615. The minimum Gasteiger partial charge on any atom is -0.368 e. The summed E-state index contributed by atoms with van der Waals surface area (Å²) >= 11 is 7.00. The average molecular weight is 365 g/mol. The fourth-order valence-corrected chi connectivity index (χ4v) is 2.47. The smallest absolute Gasteiger partial charge is 0.240 e. The van der Waals surface area contributed by atoms with Gasteiger partial charge in [0, 0.05) is 6.07 Å². The summed E-state index contributed by atoms with van der Waals surface area (Å²) in [5.41, 5.74) is 6.47. The van der Waals surface area contributed by atoms with Crippen molar-refractivity contribution in [3.63, 3.8) is 0 Å². The van der Waals surface area contributed by atoms with Crippen LogP contribution < -0.4 is 5.73 Å². The van der Waals surface area contributed by atoms with Gasteiger partial charge in [-0.25, -0.2) is 4.39 Å². The molecule has 1 amide bonds. The van der Waals surface area contributed by atoms with Crippen molar-refractivity contribution in [1.29, 1.82) is 0 Å². The molecule has 90 valence electrons. The Hall–Kier alpha value is -0.960. The van der Waals surface area contributed by atoms with Crippen molar-refractivity contribution >= 4 is 51.7 Å². The van der Waals surface area contributed by atoms with Gasteiger partial charge >= 0.3 is 0 Å². The van der Waals surface area contributed by atoms with E-state index >= 15 is 0 Å². The molecule has 0 aliphatic carbocycles. The van der Waals surface area contributed by atoms with Crippen molar-refractivity contribution < 1.29 is 9.18 Å². The highest BCUT2D eigenvalue weighted by atomic mass is 127. The number of nitrogens with two attached hydrogens (primary N) is 1. The molecule has 17 heavy (non-hydrogen) atoms. The number of nitrogens with zero attached hydrogens (tertiary/aromatic N) is 1. The number of primary amides is 1. The molecule has 2 aromatic rings. The summed E-state index contributed by atoms with van der Waals surface area (Å²) in [5.74, 6) is -0.863. The van der Waals surface area contributed by atoms with E-state index in [4.69, 9.17) is 18.0 Å². The predicted octanol–water partition coefficient (Wildman–Crippen LogP) is 2.49. The summed E-state index contributed by atoms with van der Waals surface area (Å²) in [6.07, 6.45) is 0. The van der Waals surface area contributed by atoms with Gasteiger partial charge in [-0.1, -0.05) is 0 Å². The SMILES string of the molecule is CC(C(N)=O)n1c(=S)[nH]c2cc(I)c(F)cc21. The predicted molar refractivity (Wildman–Crippen MR) is 73.7 cm³/mol. The summed E-state index contributed by atoms with van der Waals surface area (Å²) in [5, 5.41) is 0. The van der Waals surface area contributed by atoms with Crippen LogP contribution in [0.2, 0.25) is 0 Å². The maximum atomic E-state index is 13.5. The first-order valence-electron chi connectivity index (χ1n) is 4.80. The molecule has 0 saturated carbocycles. The second kappa shape index (κ2) is 4.37. The van der Waals surface area contributed by atoms with Gasteiger partial charge in [0.25, 0.3) is 0 Å². The molecule has 0 aliphatic rings. The van der Waals surface area contributed by atoms with E-state index in [0.29, 0.717) is 19.4 Å². The molecule has 1 atom stereocenters. The number of halogens is 2. The number of nitrogens with one attached hydrogen (secondary N) is 1. The van der Waals surface area contributed by atoms with Crippen molar-refractivity contribution in [3.05, 3.63) is 26.3 Å². The molecule has 1 aromatic carbocycles. The summed E-state index contributed by atoms with van der Waals surface area (Å²) in [4.78, 5) is 14.1. The first kappa shape index (κ1) is 12.5. The van der Waals surface area contributed by atoms with Crippen molar-refractivity contribution in [2.75, 3.05) is 0 Å². The monoisotopic (exact) mass is 365 g/mol. The third kappa shape index (κ3) is 2.08. The second-order valence-corrected chi connectivity index (χ2v) is 5.21. The van der Waals surface area contributed by atoms with E-state index in [1.54, 1.807) is 13.0 Å². The van der Waals surface area contributed by atoms with E-state index in [2.05, 4.69) is 4.98 Å². The van der Waals surface area contributed by atoms with Crippen LogP contribution in [-0.4, -0.2) is 15.5 Å². The number of benzene rings is 1. The van der Waals surface area contributed by atoms with E-state index in [-0.39, 0.29) is 5.82 Å². The summed E-state index contributed by atoms with van der Waals surface area (Å²) in [6, 6.07) is 2.38.